The van der Waals surface area contributed by atoms with Gasteiger partial charge in [-0.25, -0.2) is 0 Å². The van der Waals surface area contributed by atoms with Crippen molar-refractivity contribution in [3.05, 3.63) is 24.3 Å². The first kappa shape index (κ1) is 12.1. The number of benzene rings is 1. The van der Waals surface area contributed by atoms with E-state index in [1.54, 1.807) is 26.2 Å². The van der Waals surface area contributed by atoms with Gasteiger partial charge in [0.25, 0.3) is 5.89 Å². The highest BCUT2D eigenvalue weighted by atomic mass is 16.5. The Morgan fingerprint density at radius 3 is 2.89 bits per heavy atom. The van der Waals surface area contributed by atoms with Gasteiger partial charge < -0.3 is 9.15 Å². The fourth-order valence-corrected chi connectivity index (χ4v) is 1.41. The van der Waals surface area contributed by atoms with Crippen molar-refractivity contribution in [2.45, 2.75) is 13.3 Å². The fraction of sp³-hybridized carbons (Fsp3) is 0.250. The molecule has 1 aromatic heterocycles. The molecule has 0 unspecified atom stereocenters. The first-order valence-corrected chi connectivity index (χ1v) is 5.51. The van der Waals surface area contributed by atoms with Crippen LogP contribution in [0.5, 0.6) is 5.75 Å². The lowest BCUT2D eigenvalue weighted by molar-refractivity contribution is -0.116. The average molecular weight is 247 g/mol. The van der Waals surface area contributed by atoms with E-state index in [-0.39, 0.29) is 11.9 Å². The van der Waals surface area contributed by atoms with E-state index in [0.717, 1.165) is 0 Å². The number of carbonyl (C=O) groups is 1. The van der Waals surface area contributed by atoms with Gasteiger partial charge in [-0.3, -0.25) is 10.1 Å². The molecule has 94 valence electrons. The van der Waals surface area contributed by atoms with Gasteiger partial charge >= 0.3 is 6.01 Å². The smallest absolute Gasteiger partial charge is 0.322 e. The lowest BCUT2D eigenvalue weighted by atomic mass is 10.2. The number of hydrogen-bond donors (Lipinski definition) is 1. The molecule has 1 amide bonds. The number of methoxy groups -OCH3 is 1. The minimum absolute atomic E-state index is 0.0859. The molecule has 18 heavy (non-hydrogen) atoms. The Balaban J connectivity index is 2.26. The van der Waals surface area contributed by atoms with E-state index in [2.05, 4.69) is 15.5 Å². The summed E-state index contributed by atoms with van der Waals surface area (Å²) in [5.41, 5.74) is 0.685. The van der Waals surface area contributed by atoms with E-state index in [1.165, 1.54) is 0 Å². The SMILES string of the molecule is CCC(=O)Nc1nnc(-c2ccccc2OC)o1. The molecule has 0 radical (unpaired) electrons. The van der Waals surface area contributed by atoms with Gasteiger partial charge in [0, 0.05) is 6.42 Å². The van der Waals surface area contributed by atoms with Gasteiger partial charge in [0.05, 0.1) is 12.7 Å². The minimum atomic E-state index is -0.176. The van der Waals surface area contributed by atoms with Crippen LogP contribution < -0.4 is 10.1 Å². The molecule has 1 N–H and O–H groups in total. The Hall–Kier alpha value is -2.37. The predicted octanol–water partition coefficient (Wildman–Crippen LogP) is 2.09. The van der Waals surface area contributed by atoms with Crippen LogP contribution in [0.15, 0.2) is 28.7 Å². The number of amides is 1. The van der Waals surface area contributed by atoms with Crippen molar-refractivity contribution in [2.24, 2.45) is 0 Å². The lowest BCUT2D eigenvalue weighted by Crippen LogP contribution is -2.09. The molecule has 6 heteroatoms. The van der Waals surface area contributed by atoms with Crippen molar-refractivity contribution < 1.29 is 13.9 Å². The average Bonchev–Trinajstić information content (AvgIpc) is 2.86. The predicted molar refractivity (Wildman–Crippen MR) is 65.2 cm³/mol. The Morgan fingerprint density at radius 1 is 1.39 bits per heavy atom. The summed E-state index contributed by atoms with van der Waals surface area (Å²) < 4.78 is 10.5. The van der Waals surface area contributed by atoms with Gasteiger partial charge in [-0.05, 0) is 12.1 Å². The van der Waals surface area contributed by atoms with Crippen LogP contribution in [0.2, 0.25) is 0 Å². The van der Waals surface area contributed by atoms with Crippen LogP contribution in [0.25, 0.3) is 11.5 Å². The molecule has 1 heterocycles. The highest BCUT2D eigenvalue weighted by Crippen LogP contribution is 2.29. The topological polar surface area (TPSA) is 77.2 Å². The third kappa shape index (κ3) is 2.48. The van der Waals surface area contributed by atoms with Gasteiger partial charge in [0.1, 0.15) is 5.75 Å². The summed E-state index contributed by atoms with van der Waals surface area (Å²) in [6.45, 7) is 1.74. The zero-order chi connectivity index (χ0) is 13.0. The number of rotatable bonds is 4. The van der Waals surface area contributed by atoms with Gasteiger partial charge in [-0.1, -0.05) is 24.2 Å². The number of carbonyl (C=O) groups excluding carboxylic acids is 1. The summed E-state index contributed by atoms with van der Waals surface area (Å²) in [5, 5.41) is 10.1. The van der Waals surface area contributed by atoms with Gasteiger partial charge in [0.15, 0.2) is 0 Å². The standard InChI is InChI=1S/C12H13N3O3/c1-3-10(16)13-12-15-14-11(18-12)8-6-4-5-7-9(8)17-2/h4-7H,3H2,1-2H3,(H,13,15,16). The zero-order valence-corrected chi connectivity index (χ0v) is 10.1. The van der Waals surface area contributed by atoms with Crippen LogP contribution in [0, 0.1) is 0 Å². The van der Waals surface area contributed by atoms with E-state index in [0.29, 0.717) is 23.6 Å². The molecular weight excluding hydrogens is 234 g/mol. The summed E-state index contributed by atoms with van der Waals surface area (Å²) in [6, 6.07) is 7.37. The van der Waals surface area contributed by atoms with E-state index >= 15 is 0 Å². The van der Waals surface area contributed by atoms with Crippen LogP contribution >= 0.6 is 0 Å². The number of ether oxygens (including phenoxy) is 1. The molecule has 0 saturated carbocycles. The van der Waals surface area contributed by atoms with Gasteiger partial charge in [-0.15, -0.1) is 5.10 Å². The molecule has 2 rings (SSSR count). The minimum Gasteiger partial charge on any atom is -0.496 e. The summed E-state index contributed by atoms with van der Waals surface area (Å²) in [4.78, 5) is 11.2. The summed E-state index contributed by atoms with van der Waals surface area (Å²) >= 11 is 0. The lowest BCUT2D eigenvalue weighted by Gasteiger charge is -2.03. The van der Waals surface area contributed by atoms with Crippen molar-refractivity contribution in [3.63, 3.8) is 0 Å². The van der Waals surface area contributed by atoms with E-state index in [9.17, 15) is 4.79 Å². The molecule has 0 spiro atoms. The third-order valence-corrected chi connectivity index (χ3v) is 2.33. The monoisotopic (exact) mass is 247 g/mol. The largest absolute Gasteiger partial charge is 0.496 e. The Labute approximate surface area is 104 Å². The maximum atomic E-state index is 11.2. The number of nitrogens with one attached hydrogen (secondary N) is 1. The molecule has 6 nitrogen and oxygen atoms in total. The highest BCUT2D eigenvalue weighted by Gasteiger charge is 2.13. The summed E-state index contributed by atoms with van der Waals surface area (Å²) in [7, 11) is 1.56. The Kier molecular flexibility index (Phi) is 3.57. The normalized spacial score (nSPS) is 10.1. The fourth-order valence-electron chi connectivity index (χ4n) is 1.41. The Morgan fingerprint density at radius 2 is 2.17 bits per heavy atom. The van der Waals surface area contributed by atoms with Crippen molar-refractivity contribution in [2.75, 3.05) is 12.4 Å². The van der Waals surface area contributed by atoms with Crippen LogP contribution in [0.1, 0.15) is 13.3 Å². The molecule has 0 saturated heterocycles. The van der Waals surface area contributed by atoms with Gasteiger partial charge in [0.2, 0.25) is 5.91 Å². The number of hydrogen-bond acceptors (Lipinski definition) is 5. The number of nitrogens with zero attached hydrogens (tertiary/aromatic N) is 2. The molecule has 0 atom stereocenters. The van der Waals surface area contributed by atoms with Crippen molar-refractivity contribution in [1.29, 1.82) is 0 Å². The molecule has 0 bridgehead atoms. The zero-order valence-electron chi connectivity index (χ0n) is 10.1. The second-order valence-electron chi connectivity index (χ2n) is 3.51. The molecule has 0 aliphatic carbocycles. The van der Waals surface area contributed by atoms with E-state index < -0.39 is 0 Å². The molecule has 0 aliphatic rings. The molecule has 1 aromatic carbocycles. The molecule has 0 fully saturated rings. The number of para-hydroxylation sites is 1. The van der Waals surface area contributed by atoms with E-state index in [1.807, 2.05) is 12.1 Å². The maximum Gasteiger partial charge on any atom is 0.322 e. The number of anilines is 1. The highest BCUT2D eigenvalue weighted by molar-refractivity contribution is 5.88. The summed E-state index contributed by atoms with van der Waals surface area (Å²) in [5.74, 6) is 0.763. The van der Waals surface area contributed by atoms with Gasteiger partial charge in [-0.2, -0.15) is 0 Å². The third-order valence-electron chi connectivity index (χ3n) is 2.33. The van der Waals surface area contributed by atoms with Crippen molar-refractivity contribution >= 4 is 11.9 Å². The van der Waals surface area contributed by atoms with Crippen LogP contribution in [-0.2, 0) is 4.79 Å². The maximum absolute atomic E-state index is 11.2. The first-order chi connectivity index (χ1) is 8.74. The molecule has 0 aliphatic heterocycles. The van der Waals surface area contributed by atoms with E-state index in [4.69, 9.17) is 9.15 Å². The first-order valence-electron chi connectivity index (χ1n) is 5.51. The molecule has 2 aromatic rings. The van der Waals surface area contributed by atoms with Crippen molar-refractivity contribution in [3.8, 4) is 17.2 Å². The van der Waals surface area contributed by atoms with Crippen LogP contribution in [0.4, 0.5) is 6.01 Å². The second-order valence-corrected chi connectivity index (χ2v) is 3.51. The quantitative estimate of drug-likeness (QED) is 0.895. The van der Waals surface area contributed by atoms with Crippen LogP contribution in [-0.4, -0.2) is 23.2 Å². The second kappa shape index (κ2) is 5.31. The molecular formula is C12H13N3O3. The Bertz CT molecular complexity index is 551. The van der Waals surface area contributed by atoms with Crippen molar-refractivity contribution in [1.82, 2.24) is 10.2 Å². The summed E-state index contributed by atoms with van der Waals surface area (Å²) in [6.07, 6.45) is 0.354. The van der Waals surface area contributed by atoms with Crippen LogP contribution in [0.3, 0.4) is 0 Å². The number of aromatic nitrogens is 2.